The van der Waals surface area contributed by atoms with Gasteiger partial charge in [0, 0.05) is 57.1 Å². The largest absolute Gasteiger partial charge is 0.509 e. The Kier molecular flexibility index (Phi) is 24.6. The van der Waals surface area contributed by atoms with Crippen molar-refractivity contribution in [3.8, 4) is 0 Å². The standard InChI is InChI=1S/C31H58N2O13/c1-20(28(41)24(37)13-16-34)30(43)45-18-8-5-11-26(39)32-15-7-4-10-23(22(3)36)33-27(40)12-6-9-19-46-31(44)21(2)29(42)25(38)14-17-35/h21,23-25,29-31,34-35,37-38,41-44H,4-19H2,1-3H3,(H,32,39)(H,33,40)/b28-20+/t21?,23-,24?,25?,29?,30?,31?/m1/s1. The first-order valence-electron chi connectivity index (χ1n) is 16.1. The first-order chi connectivity index (χ1) is 21.8. The highest BCUT2D eigenvalue weighted by Crippen LogP contribution is 2.16. The van der Waals surface area contributed by atoms with Crippen molar-refractivity contribution in [3.05, 3.63) is 11.3 Å². The molecule has 0 spiro atoms. The van der Waals surface area contributed by atoms with Crippen molar-refractivity contribution >= 4 is 17.6 Å². The molecule has 0 saturated carbocycles. The third-order valence-corrected chi connectivity index (χ3v) is 7.53. The lowest BCUT2D eigenvalue weighted by Gasteiger charge is -2.27. The van der Waals surface area contributed by atoms with Crippen molar-refractivity contribution in [3.63, 3.8) is 0 Å². The Morgan fingerprint density at radius 1 is 0.739 bits per heavy atom. The fourth-order valence-electron chi connectivity index (χ4n) is 4.35. The zero-order valence-electron chi connectivity index (χ0n) is 27.5. The zero-order chi connectivity index (χ0) is 35.1. The highest BCUT2D eigenvalue weighted by Gasteiger charge is 2.28. The molecule has 0 aliphatic rings. The van der Waals surface area contributed by atoms with Gasteiger partial charge in [-0.2, -0.15) is 0 Å². The molecule has 0 fully saturated rings. The van der Waals surface area contributed by atoms with Crippen molar-refractivity contribution in [1.29, 1.82) is 0 Å². The van der Waals surface area contributed by atoms with Gasteiger partial charge >= 0.3 is 0 Å². The van der Waals surface area contributed by atoms with Crippen LogP contribution in [0.5, 0.6) is 0 Å². The summed E-state index contributed by atoms with van der Waals surface area (Å²) in [5, 5.41) is 82.5. The van der Waals surface area contributed by atoms with Crippen LogP contribution in [0.3, 0.4) is 0 Å². The number of carbonyl (C=O) groups excluding carboxylic acids is 3. The summed E-state index contributed by atoms with van der Waals surface area (Å²) in [4.78, 5) is 36.4. The summed E-state index contributed by atoms with van der Waals surface area (Å²) >= 11 is 0. The van der Waals surface area contributed by atoms with E-state index in [0.717, 1.165) is 0 Å². The molecule has 0 aliphatic heterocycles. The van der Waals surface area contributed by atoms with Gasteiger partial charge in [-0.3, -0.25) is 14.4 Å². The van der Waals surface area contributed by atoms with E-state index in [1.165, 1.54) is 20.8 Å². The molecule has 2 amide bonds. The van der Waals surface area contributed by atoms with E-state index in [4.69, 9.17) is 19.7 Å². The first kappa shape index (κ1) is 43.8. The molecule has 0 aromatic carbocycles. The van der Waals surface area contributed by atoms with Crippen LogP contribution >= 0.6 is 0 Å². The number of aliphatic hydroxyl groups excluding tert-OH is 8. The van der Waals surface area contributed by atoms with Crippen LogP contribution in [0, 0.1) is 5.92 Å². The van der Waals surface area contributed by atoms with E-state index in [0.29, 0.717) is 51.5 Å². The van der Waals surface area contributed by atoms with E-state index in [1.807, 2.05) is 0 Å². The van der Waals surface area contributed by atoms with Crippen molar-refractivity contribution in [2.45, 2.75) is 128 Å². The van der Waals surface area contributed by atoms with Crippen LogP contribution in [0.25, 0.3) is 0 Å². The molecular weight excluding hydrogens is 608 g/mol. The summed E-state index contributed by atoms with van der Waals surface area (Å²) in [5.74, 6) is -1.84. The minimum Gasteiger partial charge on any atom is -0.509 e. The predicted octanol–water partition coefficient (Wildman–Crippen LogP) is -0.327. The number of hydrogen-bond acceptors (Lipinski definition) is 13. The quantitative estimate of drug-likeness (QED) is 0.0292. The Labute approximate surface area is 271 Å². The highest BCUT2D eigenvalue weighted by atomic mass is 16.6. The molecule has 0 aromatic rings. The molecule has 0 heterocycles. The summed E-state index contributed by atoms with van der Waals surface area (Å²) < 4.78 is 10.5. The van der Waals surface area contributed by atoms with Crippen LogP contribution in [-0.4, -0.2) is 128 Å². The van der Waals surface area contributed by atoms with Crippen LogP contribution in [-0.2, 0) is 23.9 Å². The molecule has 0 aliphatic carbocycles. The average Bonchev–Trinajstić information content (AvgIpc) is 3.01. The number of amides is 2. The van der Waals surface area contributed by atoms with Gasteiger partial charge < -0.3 is 61.0 Å². The molecule has 270 valence electrons. The van der Waals surface area contributed by atoms with Crippen molar-refractivity contribution in [2.75, 3.05) is 33.0 Å². The lowest BCUT2D eigenvalue weighted by Crippen LogP contribution is -2.40. The van der Waals surface area contributed by atoms with Crippen LogP contribution in [0.4, 0.5) is 0 Å². The van der Waals surface area contributed by atoms with Gasteiger partial charge in [-0.15, -0.1) is 0 Å². The smallest absolute Gasteiger partial charge is 0.220 e. The number of carbonyl (C=O) groups is 3. The molecule has 0 radical (unpaired) electrons. The fraction of sp³-hybridized carbons (Fsp3) is 0.839. The number of hydrogen-bond donors (Lipinski definition) is 10. The van der Waals surface area contributed by atoms with Crippen molar-refractivity contribution in [2.24, 2.45) is 5.92 Å². The second-order valence-corrected chi connectivity index (χ2v) is 11.5. The highest BCUT2D eigenvalue weighted by molar-refractivity contribution is 5.87. The van der Waals surface area contributed by atoms with Crippen molar-refractivity contribution in [1.82, 2.24) is 10.6 Å². The van der Waals surface area contributed by atoms with Crippen LogP contribution in [0.1, 0.15) is 91.4 Å². The molecule has 0 aromatic heterocycles. The van der Waals surface area contributed by atoms with E-state index in [-0.39, 0.29) is 75.3 Å². The summed E-state index contributed by atoms with van der Waals surface area (Å²) in [6, 6.07) is -0.636. The molecule has 0 saturated heterocycles. The lowest BCUT2D eigenvalue weighted by atomic mass is 9.97. The van der Waals surface area contributed by atoms with Gasteiger partial charge in [-0.05, 0) is 65.2 Å². The molecule has 7 atom stereocenters. The second kappa shape index (κ2) is 25.8. The molecule has 10 N–H and O–H groups in total. The number of Topliss-reactive ketones (excluding diaryl/α,β-unsaturated/α-hetero) is 1. The number of nitrogens with one attached hydrogen (secondary N) is 2. The molecule has 15 nitrogen and oxygen atoms in total. The first-order valence-corrected chi connectivity index (χ1v) is 16.1. The molecule has 15 heteroatoms. The summed E-state index contributed by atoms with van der Waals surface area (Å²) in [7, 11) is 0. The maximum Gasteiger partial charge on any atom is 0.220 e. The number of ether oxygens (including phenoxy) is 2. The maximum absolute atomic E-state index is 12.3. The monoisotopic (exact) mass is 666 g/mol. The van der Waals surface area contributed by atoms with Gasteiger partial charge in [0.05, 0.1) is 24.9 Å². The predicted molar refractivity (Wildman–Crippen MR) is 167 cm³/mol. The van der Waals surface area contributed by atoms with Gasteiger partial charge in [-0.1, -0.05) is 6.92 Å². The number of rotatable bonds is 28. The fourth-order valence-corrected chi connectivity index (χ4v) is 4.35. The maximum atomic E-state index is 12.3. The van der Waals surface area contributed by atoms with Gasteiger partial charge in [0.15, 0.2) is 18.4 Å². The van der Waals surface area contributed by atoms with Crippen LogP contribution in [0.15, 0.2) is 11.3 Å². The Balaban J connectivity index is 4.11. The van der Waals surface area contributed by atoms with Gasteiger partial charge in [0.1, 0.15) is 11.9 Å². The SMILES string of the molecule is CC(=O)[C@@H](CCCCNC(=O)CCCCOC(O)/C(C)=C(/O)C(O)CCO)NC(=O)CCCCOC(O)C(C)C(O)C(O)CCO. The summed E-state index contributed by atoms with van der Waals surface area (Å²) in [6.07, 6.45) is -2.63. The van der Waals surface area contributed by atoms with E-state index in [2.05, 4.69) is 10.6 Å². The Hall–Kier alpha value is -2.21. The molecule has 0 bridgehead atoms. The normalized spacial score (nSPS) is 16.8. The Morgan fingerprint density at radius 2 is 1.33 bits per heavy atom. The molecular formula is C31H58N2O13. The molecule has 6 unspecified atom stereocenters. The second-order valence-electron chi connectivity index (χ2n) is 11.5. The zero-order valence-corrected chi connectivity index (χ0v) is 27.5. The van der Waals surface area contributed by atoms with Crippen LogP contribution < -0.4 is 10.6 Å². The van der Waals surface area contributed by atoms with Gasteiger partial charge in [-0.25, -0.2) is 0 Å². The Bertz CT molecular complexity index is 888. The van der Waals surface area contributed by atoms with E-state index >= 15 is 0 Å². The summed E-state index contributed by atoms with van der Waals surface area (Å²) in [5.41, 5.74) is 0.0476. The van der Waals surface area contributed by atoms with Gasteiger partial charge in [0.25, 0.3) is 0 Å². The lowest BCUT2D eigenvalue weighted by molar-refractivity contribution is -0.169. The van der Waals surface area contributed by atoms with Crippen molar-refractivity contribution < 1.29 is 64.7 Å². The minimum atomic E-state index is -1.41. The van der Waals surface area contributed by atoms with E-state index in [9.17, 15) is 45.0 Å². The van der Waals surface area contributed by atoms with Crippen LogP contribution in [0.2, 0.25) is 0 Å². The summed E-state index contributed by atoms with van der Waals surface area (Å²) in [6.45, 7) is 4.37. The third kappa shape index (κ3) is 19.5. The van der Waals surface area contributed by atoms with E-state index < -0.39 is 48.6 Å². The molecule has 0 rings (SSSR count). The minimum absolute atomic E-state index is 0.0215. The Morgan fingerprint density at radius 3 is 1.91 bits per heavy atom. The van der Waals surface area contributed by atoms with Gasteiger partial charge in [0.2, 0.25) is 11.8 Å². The topological polar surface area (TPSA) is 256 Å². The number of ketones is 1. The number of unbranched alkanes of at least 4 members (excludes halogenated alkanes) is 3. The number of aliphatic hydroxyl groups is 8. The average molecular weight is 667 g/mol. The third-order valence-electron chi connectivity index (χ3n) is 7.53. The molecule has 46 heavy (non-hydrogen) atoms. The van der Waals surface area contributed by atoms with E-state index in [1.54, 1.807) is 0 Å².